The molecule has 0 saturated carbocycles. The normalized spacial score (nSPS) is 19.2. The van der Waals surface area contributed by atoms with E-state index in [1.54, 1.807) is 28.7 Å². The zero-order valence-corrected chi connectivity index (χ0v) is 16.2. The van der Waals surface area contributed by atoms with Crippen LogP contribution in [0.15, 0.2) is 47.2 Å². The lowest BCUT2D eigenvalue weighted by atomic mass is 9.98. The highest BCUT2D eigenvalue weighted by Crippen LogP contribution is 2.31. The van der Waals surface area contributed by atoms with Gasteiger partial charge in [0.05, 0.1) is 17.1 Å². The Morgan fingerprint density at radius 1 is 1.27 bits per heavy atom. The van der Waals surface area contributed by atoms with Crippen LogP contribution in [-0.2, 0) is 11.2 Å². The molecule has 3 nitrogen and oxygen atoms in total. The van der Waals surface area contributed by atoms with Crippen LogP contribution < -0.4 is 10.2 Å². The van der Waals surface area contributed by atoms with Crippen LogP contribution in [0.1, 0.15) is 21.4 Å². The van der Waals surface area contributed by atoms with Crippen LogP contribution in [0.2, 0.25) is 5.02 Å². The number of carbonyl (C=O) groups excluding carboxylic acids is 1. The lowest BCUT2D eigenvalue weighted by molar-refractivity contribution is -0.919. The Kier molecular flexibility index (Phi) is 5.09. The van der Waals surface area contributed by atoms with Crippen LogP contribution in [-0.4, -0.2) is 19.0 Å². The predicted octanol–water partition coefficient (Wildman–Crippen LogP) is 3.77. The summed E-state index contributed by atoms with van der Waals surface area (Å²) in [6, 6.07) is 10.8. The van der Waals surface area contributed by atoms with Crippen molar-refractivity contribution in [1.82, 2.24) is 0 Å². The number of hydrogen-bond donors (Lipinski definition) is 2. The maximum atomic E-state index is 13.9. The van der Waals surface area contributed by atoms with Gasteiger partial charge in [0.25, 0.3) is 5.91 Å². The van der Waals surface area contributed by atoms with E-state index in [-0.39, 0.29) is 17.6 Å². The molecule has 1 aromatic carbocycles. The molecule has 1 amide bonds. The minimum Gasteiger partial charge on any atom is -0.319 e. The van der Waals surface area contributed by atoms with Crippen molar-refractivity contribution in [3.8, 4) is 0 Å². The van der Waals surface area contributed by atoms with Crippen molar-refractivity contribution in [2.45, 2.75) is 12.5 Å². The Labute approximate surface area is 164 Å². The summed E-state index contributed by atoms with van der Waals surface area (Å²) in [7, 11) is 0. The fourth-order valence-corrected chi connectivity index (χ4v) is 5.42. The molecule has 0 saturated heterocycles. The second-order valence-corrected chi connectivity index (χ2v) is 8.67. The van der Waals surface area contributed by atoms with Gasteiger partial charge in [0.2, 0.25) is 0 Å². The van der Waals surface area contributed by atoms with Gasteiger partial charge in [-0.05, 0) is 41.1 Å². The Hall–Kier alpha value is -1.73. The SMILES string of the molecule is O=C(C[NH+]1CCc2sccc2[C@H]1c1cccs1)Nc1ccc(Cl)cc1F. The third-order valence-corrected chi connectivity index (χ3v) is 6.76. The lowest BCUT2D eigenvalue weighted by Crippen LogP contribution is -3.14. The maximum Gasteiger partial charge on any atom is 0.279 e. The van der Waals surface area contributed by atoms with Crippen molar-refractivity contribution in [2.24, 2.45) is 0 Å². The van der Waals surface area contributed by atoms with Crippen LogP contribution in [0.25, 0.3) is 0 Å². The first-order valence-electron chi connectivity index (χ1n) is 8.31. The van der Waals surface area contributed by atoms with Crippen LogP contribution in [0.5, 0.6) is 0 Å². The van der Waals surface area contributed by atoms with Gasteiger partial charge in [-0.25, -0.2) is 4.39 Å². The Bertz CT molecular complexity index is 926. The fourth-order valence-electron chi connectivity index (χ4n) is 3.44. The number of quaternary nitrogens is 1. The van der Waals surface area contributed by atoms with Gasteiger partial charge in [0, 0.05) is 21.9 Å². The first-order valence-corrected chi connectivity index (χ1v) is 10.4. The van der Waals surface area contributed by atoms with Gasteiger partial charge in [0.1, 0.15) is 11.9 Å². The third kappa shape index (κ3) is 3.55. The van der Waals surface area contributed by atoms with E-state index in [0.717, 1.165) is 13.0 Å². The highest BCUT2D eigenvalue weighted by molar-refractivity contribution is 7.10. The summed E-state index contributed by atoms with van der Waals surface area (Å²) >= 11 is 9.26. The summed E-state index contributed by atoms with van der Waals surface area (Å²) in [6.45, 7) is 1.17. The molecular weight excluding hydrogens is 391 g/mol. The molecule has 1 unspecified atom stereocenters. The van der Waals surface area contributed by atoms with Crippen molar-refractivity contribution in [2.75, 3.05) is 18.4 Å². The number of amides is 1. The van der Waals surface area contributed by atoms with Gasteiger partial charge in [-0.15, -0.1) is 22.7 Å². The topological polar surface area (TPSA) is 33.5 Å². The van der Waals surface area contributed by atoms with E-state index < -0.39 is 5.82 Å². The molecule has 0 aliphatic carbocycles. The van der Waals surface area contributed by atoms with Crippen LogP contribution in [0, 0.1) is 5.82 Å². The van der Waals surface area contributed by atoms with Gasteiger partial charge in [-0.2, -0.15) is 0 Å². The first kappa shape index (κ1) is 17.7. The predicted molar refractivity (Wildman–Crippen MR) is 105 cm³/mol. The number of halogens is 2. The van der Waals surface area contributed by atoms with Crippen LogP contribution in [0.4, 0.5) is 10.1 Å². The molecule has 1 aliphatic heterocycles. The van der Waals surface area contributed by atoms with E-state index in [2.05, 4.69) is 28.2 Å². The average Bonchev–Trinajstić information content (AvgIpc) is 3.28. The molecule has 0 bridgehead atoms. The average molecular weight is 408 g/mol. The molecule has 134 valence electrons. The van der Waals surface area contributed by atoms with Crippen molar-refractivity contribution >= 4 is 45.9 Å². The molecule has 3 aromatic rings. The Balaban J connectivity index is 1.54. The number of thiophene rings is 2. The first-order chi connectivity index (χ1) is 12.6. The minimum atomic E-state index is -0.519. The second kappa shape index (κ2) is 7.48. The molecule has 0 fully saturated rings. The van der Waals surface area contributed by atoms with E-state index in [0.29, 0.717) is 11.6 Å². The molecule has 26 heavy (non-hydrogen) atoms. The molecule has 3 heterocycles. The van der Waals surface area contributed by atoms with Crippen molar-refractivity contribution in [1.29, 1.82) is 0 Å². The molecule has 2 atom stereocenters. The number of fused-ring (bicyclic) bond motifs is 1. The largest absolute Gasteiger partial charge is 0.319 e. The molecule has 4 rings (SSSR count). The smallest absolute Gasteiger partial charge is 0.279 e. The van der Waals surface area contributed by atoms with Crippen LogP contribution >= 0.6 is 34.3 Å². The van der Waals surface area contributed by atoms with Crippen molar-refractivity contribution in [3.05, 3.63) is 73.3 Å². The third-order valence-electron chi connectivity index (χ3n) is 4.59. The van der Waals surface area contributed by atoms with E-state index in [1.165, 1.54) is 32.4 Å². The van der Waals surface area contributed by atoms with Gasteiger partial charge in [-0.3, -0.25) is 4.79 Å². The maximum absolute atomic E-state index is 13.9. The number of carbonyl (C=O) groups is 1. The molecule has 0 radical (unpaired) electrons. The molecule has 7 heteroatoms. The molecular formula is C19H17ClFN2OS2+. The highest BCUT2D eigenvalue weighted by atomic mass is 35.5. The summed E-state index contributed by atoms with van der Waals surface area (Å²) < 4.78 is 13.9. The number of benzene rings is 1. The molecule has 2 aromatic heterocycles. The molecule has 0 spiro atoms. The number of hydrogen-bond acceptors (Lipinski definition) is 3. The standard InChI is InChI=1S/C19H16ClFN2OS2/c20-12-3-4-15(14(21)10-12)22-18(24)11-23-7-5-16-13(6-9-26-16)19(23)17-2-1-8-25-17/h1-4,6,8-10,19H,5,7,11H2,(H,22,24)/p+1/t19-/m0/s1. The molecule has 1 aliphatic rings. The zero-order chi connectivity index (χ0) is 18.1. The van der Waals surface area contributed by atoms with E-state index >= 15 is 0 Å². The van der Waals surface area contributed by atoms with Crippen molar-refractivity contribution in [3.63, 3.8) is 0 Å². The number of nitrogens with one attached hydrogen (secondary N) is 2. The summed E-state index contributed by atoms with van der Waals surface area (Å²) in [5.41, 5.74) is 1.48. The van der Waals surface area contributed by atoms with Gasteiger partial charge in [-0.1, -0.05) is 17.7 Å². The van der Waals surface area contributed by atoms with E-state index in [9.17, 15) is 9.18 Å². The highest BCUT2D eigenvalue weighted by Gasteiger charge is 2.35. The van der Waals surface area contributed by atoms with E-state index in [1.807, 2.05) is 6.07 Å². The minimum absolute atomic E-state index is 0.158. The monoisotopic (exact) mass is 407 g/mol. The zero-order valence-electron chi connectivity index (χ0n) is 13.8. The summed E-state index contributed by atoms with van der Waals surface area (Å²) in [4.78, 5) is 16.4. The molecule has 2 N–H and O–H groups in total. The second-order valence-electron chi connectivity index (χ2n) is 6.25. The number of anilines is 1. The fraction of sp³-hybridized carbons (Fsp3) is 0.211. The quantitative estimate of drug-likeness (QED) is 0.678. The summed E-state index contributed by atoms with van der Waals surface area (Å²) in [5.74, 6) is -0.712. The van der Waals surface area contributed by atoms with Gasteiger partial charge >= 0.3 is 0 Å². The Morgan fingerprint density at radius 2 is 2.15 bits per heavy atom. The summed E-state index contributed by atoms with van der Waals surface area (Å²) in [5, 5.41) is 7.18. The van der Waals surface area contributed by atoms with Crippen LogP contribution in [0.3, 0.4) is 0 Å². The van der Waals surface area contributed by atoms with Gasteiger partial charge in [0.15, 0.2) is 6.54 Å². The van der Waals surface area contributed by atoms with Gasteiger partial charge < -0.3 is 10.2 Å². The number of rotatable bonds is 4. The lowest BCUT2D eigenvalue weighted by Gasteiger charge is -2.31. The Morgan fingerprint density at radius 3 is 2.92 bits per heavy atom. The summed E-state index contributed by atoms with van der Waals surface area (Å²) in [6.07, 6.45) is 0.965. The van der Waals surface area contributed by atoms with E-state index in [4.69, 9.17) is 11.6 Å². The van der Waals surface area contributed by atoms with Crippen molar-refractivity contribution < 1.29 is 14.1 Å².